The van der Waals surface area contributed by atoms with Gasteiger partial charge < -0.3 is 4.74 Å². The van der Waals surface area contributed by atoms with Crippen molar-refractivity contribution < 1.29 is 13.5 Å². The molecule has 0 atom stereocenters. The van der Waals surface area contributed by atoms with Crippen LogP contribution in [-0.4, -0.2) is 6.61 Å². The minimum Gasteiger partial charge on any atom is -0.493 e. The summed E-state index contributed by atoms with van der Waals surface area (Å²) in [4.78, 5) is 0. The van der Waals surface area contributed by atoms with Gasteiger partial charge in [-0.1, -0.05) is 61.3 Å². The Balaban J connectivity index is 1.54. The van der Waals surface area contributed by atoms with Gasteiger partial charge in [-0.3, -0.25) is 0 Å². The first-order valence-corrected chi connectivity index (χ1v) is 11.3. The summed E-state index contributed by atoms with van der Waals surface area (Å²) in [6.45, 7) is 2.66. The van der Waals surface area contributed by atoms with Crippen LogP contribution in [-0.2, 0) is 12.8 Å². The summed E-state index contributed by atoms with van der Waals surface area (Å²) in [6.07, 6.45) is 3.28. The lowest BCUT2D eigenvalue weighted by Crippen LogP contribution is -1.97. The standard InChI is InChI=1S/C28H25ClF2O/c1-2-3-16-32-24-13-15-25(27(30)18-24)21-10-14-26-22(17-21)9-8-20(28(26)31)7-4-19-5-11-23(29)12-6-19/h5-6,8-15,17-18H,2-4,7,16H2,1H3. The number of halogens is 3. The summed E-state index contributed by atoms with van der Waals surface area (Å²) in [6, 6.07) is 21.6. The van der Waals surface area contributed by atoms with Crippen molar-refractivity contribution in [3.63, 3.8) is 0 Å². The predicted molar refractivity (Wildman–Crippen MR) is 129 cm³/mol. The van der Waals surface area contributed by atoms with Gasteiger partial charge in [-0.25, -0.2) is 8.78 Å². The molecule has 0 aromatic heterocycles. The lowest BCUT2D eigenvalue weighted by molar-refractivity contribution is 0.308. The summed E-state index contributed by atoms with van der Waals surface area (Å²) < 4.78 is 35.4. The molecular formula is C28H25ClF2O. The van der Waals surface area contributed by atoms with Crippen molar-refractivity contribution >= 4 is 22.4 Å². The monoisotopic (exact) mass is 450 g/mol. The number of unbranched alkanes of at least 4 members (excludes halogenated alkanes) is 1. The molecule has 0 bridgehead atoms. The molecule has 0 aliphatic heterocycles. The normalized spacial score (nSPS) is 11.1. The van der Waals surface area contributed by atoms with Gasteiger partial charge in [-0.15, -0.1) is 0 Å². The van der Waals surface area contributed by atoms with Gasteiger partial charge >= 0.3 is 0 Å². The molecule has 0 saturated heterocycles. The third kappa shape index (κ3) is 5.11. The summed E-state index contributed by atoms with van der Waals surface area (Å²) in [5.41, 5.74) is 2.96. The molecule has 0 saturated carbocycles. The van der Waals surface area contributed by atoms with Gasteiger partial charge in [-0.2, -0.15) is 0 Å². The van der Waals surface area contributed by atoms with Crippen LogP contribution >= 0.6 is 11.6 Å². The van der Waals surface area contributed by atoms with Crippen molar-refractivity contribution in [2.75, 3.05) is 6.61 Å². The Morgan fingerprint density at radius 2 is 1.66 bits per heavy atom. The van der Waals surface area contributed by atoms with Crippen LogP contribution in [0.5, 0.6) is 5.75 Å². The lowest BCUT2D eigenvalue weighted by Gasteiger charge is -2.11. The first kappa shape index (κ1) is 22.3. The molecular weight excluding hydrogens is 426 g/mol. The van der Waals surface area contributed by atoms with Gasteiger partial charge in [0.2, 0.25) is 0 Å². The molecule has 164 valence electrons. The molecule has 4 rings (SSSR count). The van der Waals surface area contributed by atoms with E-state index < -0.39 is 0 Å². The van der Waals surface area contributed by atoms with Gasteiger partial charge in [0.1, 0.15) is 17.4 Å². The fourth-order valence-corrected chi connectivity index (χ4v) is 3.91. The van der Waals surface area contributed by atoms with E-state index >= 15 is 4.39 Å². The second kappa shape index (κ2) is 10.1. The second-order valence-corrected chi connectivity index (χ2v) is 8.38. The molecule has 4 aromatic carbocycles. The topological polar surface area (TPSA) is 9.23 Å². The van der Waals surface area contributed by atoms with Crippen molar-refractivity contribution in [3.05, 3.63) is 101 Å². The van der Waals surface area contributed by atoms with Crippen LogP contribution < -0.4 is 4.74 Å². The molecule has 0 spiro atoms. The second-order valence-electron chi connectivity index (χ2n) is 7.94. The van der Waals surface area contributed by atoms with Crippen LogP contribution in [0.25, 0.3) is 21.9 Å². The first-order chi connectivity index (χ1) is 15.5. The molecule has 4 heteroatoms. The highest BCUT2D eigenvalue weighted by Crippen LogP contribution is 2.31. The Bertz CT molecular complexity index is 1220. The molecule has 4 aromatic rings. The van der Waals surface area contributed by atoms with E-state index in [-0.39, 0.29) is 11.6 Å². The number of aryl methyl sites for hydroxylation is 2. The summed E-state index contributed by atoms with van der Waals surface area (Å²) >= 11 is 5.93. The number of benzene rings is 4. The highest BCUT2D eigenvalue weighted by Gasteiger charge is 2.12. The van der Waals surface area contributed by atoms with E-state index in [1.807, 2.05) is 42.5 Å². The third-order valence-electron chi connectivity index (χ3n) is 5.65. The average molecular weight is 451 g/mol. The average Bonchev–Trinajstić information content (AvgIpc) is 2.80. The van der Waals surface area contributed by atoms with Gasteiger partial charge in [0.25, 0.3) is 0 Å². The third-order valence-corrected chi connectivity index (χ3v) is 5.90. The van der Waals surface area contributed by atoms with Crippen LogP contribution in [0.15, 0.2) is 72.8 Å². The number of rotatable bonds is 8. The predicted octanol–water partition coefficient (Wildman–Crippen LogP) is 8.40. The number of fused-ring (bicyclic) bond motifs is 1. The van der Waals surface area contributed by atoms with E-state index in [4.69, 9.17) is 16.3 Å². The molecule has 1 nitrogen and oxygen atoms in total. The number of hydrogen-bond donors (Lipinski definition) is 0. The summed E-state index contributed by atoms with van der Waals surface area (Å²) in [5, 5.41) is 1.98. The van der Waals surface area contributed by atoms with Crippen LogP contribution in [0.1, 0.15) is 30.9 Å². The molecule has 0 heterocycles. The Morgan fingerprint density at radius 3 is 2.41 bits per heavy atom. The minimum atomic E-state index is -0.349. The van der Waals surface area contributed by atoms with Crippen LogP contribution in [0.3, 0.4) is 0 Å². The van der Waals surface area contributed by atoms with Crippen LogP contribution in [0.2, 0.25) is 5.02 Å². The molecule has 32 heavy (non-hydrogen) atoms. The Kier molecular flexibility index (Phi) is 7.06. The van der Waals surface area contributed by atoms with E-state index in [1.54, 1.807) is 24.3 Å². The van der Waals surface area contributed by atoms with Gasteiger partial charge in [0.15, 0.2) is 0 Å². The molecule has 0 aliphatic rings. The highest BCUT2D eigenvalue weighted by molar-refractivity contribution is 6.30. The lowest BCUT2D eigenvalue weighted by atomic mass is 9.97. The Morgan fingerprint density at radius 1 is 0.844 bits per heavy atom. The zero-order valence-electron chi connectivity index (χ0n) is 18.0. The molecule has 0 aliphatic carbocycles. The highest BCUT2D eigenvalue weighted by atomic mass is 35.5. The molecule has 0 N–H and O–H groups in total. The van der Waals surface area contributed by atoms with Gasteiger partial charge in [0.05, 0.1) is 6.61 Å². The maximum atomic E-state index is 15.1. The largest absolute Gasteiger partial charge is 0.493 e. The van der Waals surface area contributed by atoms with E-state index in [0.717, 1.165) is 30.2 Å². The first-order valence-electron chi connectivity index (χ1n) is 10.9. The van der Waals surface area contributed by atoms with Crippen molar-refractivity contribution in [1.29, 1.82) is 0 Å². The fraction of sp³-hybridized carbons (Fsp3) is 0.214. The van der Waals surface area contributed by atoms with E-state index in [2.05, 4.69) is 6.92 Å². The Hall–Kier alpha value is -2.91. The fourth-order valence-electron chi connectivity index (χ4n) is 3.78. The maximum absolute atomic E-state index is 15.1. The van der Waals surface area contributed by atoms with E-state index in [0.29, 0.717) is 45.9 Å². The molecule has 0 amide bonds. The van der Waals surface area contributed by atoms with Crippen molar-refractivity contribution in [3.8, 4) is 16.9 Å². The van der Waals surface area contributed by atoms with Crippen LogP contribution in [0.4, 0.5) is 8.78 Å². The smallest absolute Gasteiger partial charge is 0.134 e. The van der Waals surface area contributed by atoms with Crippen LogP contribution in [0, 0.1) is 11.6 Å². The molecule has 0 fully saturated rings. The number of ether oxygens (including phenoxy) is 1. The van der Waals surface area contributed by atoms with Gasteiger partial charge in [0, 0.05) is 22.0 Å². The molecule has 0 unspecified atom stereocenters. The quantitative estimate of drug-likeness (QED) is 0.245. The number of hydrogen-bond acceptors (Lipinski definition) is 1. The van der Waals surface area contributed by atoms with E-state index in [1.165, 1.54) is 6.07 Å². The minimum absolute atomic E-state index is 0.219. The van der Waals surface area contributed by atoms with Crippen molar-refractivity contribution in [2.24, 2.45) is 0 Å². The van der Waals surface area contributed by atoms with Crippen molar-refractivity contribution in [2.45, 2.75) is 32.6 Å². The summed E-state index contributed by atoms with van der Waals surface area (Å²) in [5.74, 6) is -0.0431. The SMILES string of the molecule is CCCCOc1ccc(-c2ccc3c(F)c(CCc4ccc(Cl)cc4)ccc3c2)c(F)c1. The van der Waals surface area contributed by atoms with Crippen molar-refractivity contribution in [1.82, 2.24) is 0 Å². The molecule has 0 radical (unpaired) electrons. The Labute approximate surface area is 192 Å². The van der Waals surface area contributed by atoms with Gasteiger partial charge in [-0.05, 0) is 71.7 Å². The summed E-state index contributed by atoms with van der Waals surface area (Å²) in [7, 11) is 0. The zero-order chi connectivity index (χ0) is 22.5. The van der Waals surface area contributed by atoms with E-state index in [9.17, 15) is 4.39 Å². The maximum Gasteiger partial charge on any atom is 0.134 e. The zero-order valence-corrected chi connectivity index (χ0v) is 18.8.